The van der Waals surface area contributed by atoms with Crippen molar-refractivity contribution in [1.29, 1.82) is 0 Å². The Balaban J connectivity index is 1.26. The van der Waals surface area contributed by atoms with Crippen molar-refractivity contribution in [3.8, 4) is 22.6 Å². The minimum atomic E-state index is -0.526. The molecule has 6 heteroatoms. The Morgan fingerprint density at radius 2 is 0.898 bits per heavy atom. The van der Waals surface area contributed by atoms with Gasteiger partial charge in [0.05, 0.1) is 44.1 Å². The van der Waals surface area contributed by atoms with Gasteiger partial charge in [-0.25, -0.2) is 0 Å². The summed E-state index contributed by atoms with van der Waals surface area (Å²) in [4.78, 5) is 0. The van der Waals surface area contributed by atoms with Crippen LogP contribution in [0, 0.1) is 0 Å². The molecule has 7 rings (SSSR count). The molecule has 1 aliphatic carbocycles. The molecule has 2 N–H and O–H groups in total. The van der Waals surface area contributed by atoms with E-state index in [1.807, 2.05) is 12.1 Å². The van der Waals surface area contributed by atoms with Crippen LogP contribution in [-0.2, 0) is 14.9 Å². The molecule has 0 bridgehead atoms. The van der Waals surface area contributed by atoms with E-state index in [4.69, 9.17) is 18.9 Å². The summed E-state index contributed by atoms with van der Waals surface area (Å²) >= 11 is 0. The summed E-state index contributed by atoms with van der Waals surface area (Å²) < 4.78 is 22.8. The maximum atomic E-state index is 9.42. The number of aliphatic hydroxyl groups excluding tert-OH is 2. The first-order chi connectivity index (χ1) is 23.9. The summed E-state index contributed by atoms with van der Waals surface area (Å²) in [6.07, 6.45) is -0.977. The van der Waals surface area contributed by atoms with Gasteiger partial charge in [0.2, 0.25) is 0 Å². The Morgan fingerprint density at radius 1 is 0.490 bits per heavy atom. The van der Waals surface area contributed by atoms with Crippen molar-refractivity contribution >= 4 is 21.5 Å². The Kier molecular flexibility index (Phi) is 9.65. The molecule has 0 fully saturated rings. The predicted molar refractivity (Wildman–Crippen MR) is 195 cm³/mol. The van der Waals surface area contributed by atoms with E-state index in [9.17, 15) is 10.2 Å². The molecule has 2 atom stereocenters. The summed E-state index contributed by atoms with van der Waals surface area (Å²) in [5.74, 6) is 1.58. The van der Waals surface area contributed by atoms with Gasteiger partial charge in [0, 0.05) is 0 Å². The zero-order valence-electron chi connectivity index (χ0n) is 28.0. The molecule has 6 nitrogen and oxygen atoms in total. The van der Waals surface area contributed by atoms with E-state index in [-0.39, 0.29) is 0 Å². The number of ether oxygens (including phenoxy) is 4. The van der Waals surface area contributed by atoms with Crippen molar-refractivity contribution in [1.82, 2.24) is 0 Å². The molecular weight excluding hydrogens is 612 g/mol. The van der Waals surface area contributed by atoms with Crippen LogP contribution in [0.5, 0.6) is 11.5 Å². The fourth-order valence-corrected chi connectivity index (χ4v) is 7.06. The monoisotopic (exact) mass is 654 g/mol. The summed E-state index contributed by atoms with van der Waals surface area (Å²) in [7, 11) is 0. The van der Waals surface area contributed by atoms with Gasteiger partial charge in [-0.2, -0.15) is 0 Å². The van der Waals surface area contributed by atoms with Crippen LogP contribution in [0.3, 0.4) is 0 Å². The lowest BCUT2D eigenvalue weighted by atomic mass is 9.67. The van der Waals surface area contributed by atoms with E-state index in [0.29, 0.717) is 39.6 Å². The molecule has 0 saturated carbocycles. The number of hydrogen-bond acceptors (Lipinski definition) is 6. The molecule has 6 aromatic carbocycles. The lowest BCUT2D eigenvalue weighted by molar-refractivity contribution is 0.0328. The average molecular weight is 655 g/mol. The Labute approximate surface area is 287 Å². The summed E-state index contributed by atoms with van der Waals surface area (Å²) in [6.45, 7) is 5.68. The summed E-state index contributed by atoms with van der Waals surface area (Å²) in [5.41, 5.74) is 6.92. The first-order valence-corrected chi connectivity index (χ1v) is 17.0. The Bertz CT molecular complexity index is 1920. The molecule has 0 saturated heterocycles. The molecule has 6 aromatic rings. The van der Waals surface area contributed by atoms with Crippen LogP contribution in [0.1, 0.15) is 36.1 Å². The summed E-state index contributed by atoms with van der Waals surface area (Å²) in [5, 5.41) is 23.3. The van der Waals surface area contributed by atoms with Gasteiger partial charge >= 0.3 is 0 Å². The van der Waals surface area contributed by atoms with E-state index in [0.717, 1.165) is 33.0 Å². The minimum Gasteiger partial charge on any atom is -0.491 e. The van der Waals surface area contributed by atoms with Crippen molar-refractivity contribution in [2.75, 3.05) is 39.6 Å². The van der Waals surface area contributed by atoms with Crippen LogP contribution < -0.4 is 9.47 Å². The highest BCUT2D eigenvalue weighted by Crippen LogP contribution is 2.56. The zero-order valence-corrected chi connectivity index (χ0v) is 28.0. The molecule has 0 radical (unpaired) electrons. The van der Waals surface area contributed by atoms with Crippen molar-refractivity contribution in [3.05, 3.63) is 144 Å². The Morgan fingerprint density at radius 3 is 1.35 bits per heavy atom. The fourth-order valence-electron chi connectivity index (χ4n) is 7.06. The molecule has 0 spiro atoms. The maximum absolute atomic E-state index is 9.42. The van der Waals surface area contributed by atoms with Gasteiger partial charge in [-0.15, -0.1) is 0 Å². The molecule has 49 heavy (non-hydrogen) atoms. The fraction of sp³-hybridized carbons (Fsp3) is 0.256. The van der Waals surface area contributed by atoms with Crippen LogP contribution in [-0.4, -0.2) is 62.1 Å². The van der Waals surface area contributed by atoms with E-state index < -0.39 is 17.6 Å². The third kappa shape index (κ3) is 6.65. The van der Waals surface area contributed by atoms with Gasteiger partial charge in [0.25, 0.3) is 0 Å². The zero-order chi connectivity index (χ0) is 33.8. The van der Waals surface area contributed by atoms with Gasteiger partial charge in [0.1, 0.15) is 24.7 Å². The van der Waals surface area contributed by atoms with E-state index in [1.165, 1.54) is 33.4 Å². The van der Waals surface area contributed by atoms with Crippen LogP contribution in [0.4, 0.5) is 0 Å². The third-order valence-electron chi connectivity index (χ3n) is 9.15. The largest absolute Gasteiger partial charge is 0.491 e. The second-order valence-electron chi connectivity index (χ2n) is 12.8. The van der Waals surface area contributed by atoms with Gasteiger partial charge in [-0.3, -0.25) is 0 Å². The molecule has 0 aromatic heterocycles. The second-order valence-corrected chi connectivity index (χ2v) is 12.8. The second kappa shape index (κ2) is 14.4. The Hall–Kier alpha value is -4.72. The molecule has 0 aliphatic heterocycles. The van der Waals surface area contributed by atoms with Crippen molar-refractivity contribution in [2.45, 2.75) is 31.5 Å². The van der Waals surface area contributed by atoms with Crippen LogP contribution >= 0.6 is 0 Å². The maximum Gasteiger partial charge on any atom is 0.120 e. The van der Waals surface area contributed by atoms with E-state index in [2.05, 4.69) is 109 Å². The number of benzene rings is 6. The average Bonchev–Trinajstić information content (AvgIpc) is 3.42. The predicted octanol–water partition coefficient (Wildman–Crippen LogP) is 7.91. The normalized spacial score (nSPS) is 14.4. The van der Waals surface area contributed by atoms with Crippen LogP contribution in [0.25, 0.3) is 32.7 Å². The molecule has 0 amide bonds. The first-order valence-electron chi connectivity index (χ1n) is 17.0. The lowest BCUT2D eigenvalue weighted by Gasteiger charge is -2.34. The van der Waals surface area contributed by atoms with Crippen LogP contribution in [0.2, 0.25) is 0 Å². The van der Waals surface area contributed by atoms with Crippen molar-refractivity contribution in [3.63, 3.8) is 0 Å². The van der Waals surface area contributed by atoms with Crippen molar-refractivity contribution < 1.29 is 29.2 Å². The number of aliphatic hydroxyl groups is 2. The quantitative estimate of drug-likeness (QED) is 0.116. The molecule has 2 unspecified atom stereocenters. The highest BCUT2D eigenvalue weighted by molar-refractivity contribution is 5.92. The third-order valence-corrected chi connectivity index (χ3v) is 9.15. The highest BCUT2D eigenvalue weighted by Gasteiger charge is 2.46. The van der Waals surface area contributed by atoms with Gasteiger partial charge < -0.3 is 29.2 Å². The van der Waals surface area contributed by atoms with E-state index >= 15 is 0 Å². The SMILES string of the molecule is CC(O)COCCOc1ccc2cc(C3(c4ccc5cc(OCCOCC(C)O)ccc5c4)c4ccccc4-c4ccccc43)ccc2c1. The summed E-state index contributed by atoms with van der Waals surface area (Å²) in [6, 6.07) is 43.6. The number of hydrogen-bond donors (Lipinski definition) is 2. The lowest BCUT2D eigenvalue weighted by Crippen LogP contribution is -2.28. The van der Waals surface area contributed by atoms with Gasteiger partial charge in [-0.05, 0) is 105 Å². The van der Waals surface area contributed by atoms with Crippen molar-refractivity contribution in [2.24, 2.45) is 0 Å². The van der Waals surface area contributed by atoms with Gasteiger partial charge in [-0.1, -0.05) is 84.9 Å². The molecule has 250 valence electrons. The highest BCUT2D eigenvalue weighted by atomic mass is 16.5. The molecular formula is C43H42O6. The smallest absolute Gasteiger partial charge is 0.120 e. The number of rotatable bonds is 14. The topological polar surface area (TPSA) is 77.4 Å². The molecule has 0 heterocycles. The first kappa shape index (κ1) is 32.8. The van der Waals surface area contributed by atoms with Gasteiger partial charge in [0.15, 0.2) is 0 Å². The molecule has 1 aliphatic rings. The van der Waals surface area contributed by atoms with E-state index in [1.54, 1.807) is 13.8 Å². The van der Waals surface area contributed by atoms with Crippen LogP contribution in [0.15, 0.2) is 121 Å². The minimum absolute atomic E-state index is 0.298. The number of fused-ring (bicyclic) bond motifs is 5. The standard InChI is InChI=1S/C43H42O6/c1-29(44)27-46-19-21-48-37-17-13-31-23-35(15-11-33(31)25-37)43(41-9-5-3-7-39(41)40-8-4-6-10-42(40)43)36-16-12-34-26-38(18-14-32(34)24-36)49-22-20-47-28-30(2)45/h3-18,23-26,29-30,44-45H,19-22,27-28H2,1-2H3.